The molecule has 1 N–H and O–H groups in total. The average molecular weight is 256 g/mol. The molecule has 1 aromatic rings. The molecule has 94 valence electrons. The van der Waals surface area contributed by atoms with E-state index in [1.807, 2.05) is 24.3 Å². The van der Waals surface area contributed by atoms with E-state index in [-0.39, 0.29) is 0 Å². The van der Waals surface area contributed by atoms with E-state index in [4.69, 9.17) is 14.6 Å². The van der Waals surface area contributed by atoms with Crippen LogP contribution in [0.25, 0.3) is 0 Å². The number of carbonyl (C=O) groups is 1. The normalized spacial score (nSPS) is 11.9. The molecule has 0 aliphatic heterocycles. The first-order chi connectivity index (χ1) is 8.13. The van der Waals surface area contributed by atoms with Gasteiger partial charge in [-0.15, -0.1) is 11.8 Å². The lowest BCUT2D eigenvalue weighted by Gasteiger charge is -2.08. The molecule has 0 aromatic heterocycles. The van der Waals surface area contributed by atoms with Gasteiger partial charge in [0.15, 0.2) is 0 Å². The smallest absolute Gasteiger partial charge is 0.316 e. The number of hydrogen-bond acceptors (Lipinski definition) is 4. The Morgan fingerprint density at radius 3 is 2.47 bits per heavy atom. The van der Waals surface area contributed by atoms with Crippen LogP contribution in [0.3, 0.4) is 0 Å². The maximum Gasteiger partial charge on any atom is 0.316 e. The quantitative estimate of drug-likeness (QED) is 0.758. The Balaban J connectivity index is 2.24. The van der Waals surface area contributed by atoms with Crippen molar-refractivity contribution in [2.24, 2.45) is 0 Å². The van der Waals surface area contributed by atoms with Crippen molar-refractivity contribution < 1.29 is 19.4 Å². The number of rotatable bonds is 7. The molecule has 0 saturated carbocycles. The van der Waals surface area contributed by atoms with Gasteiger partial charge in [-0.25, -0.2) is 0 Å². The van der Waals surface area contributed by atoms with Gasteiger partial charge in [0.2, 0.25) is 0 Å². The van der Waals surface area contributed by atoms with Gasteiger partial charge in [0.25, 0.3) is 0 Å². The Morgan fingerprint density at radius 2 is 1.94 bits per heavy atom. The zero-order valence-corrected chi connectivity index (χ0v) is 10.7. The van der Waals surface area contributed by atoms with Crippen LogP contribution in [0.4, 0.5) is 0 Å². The van der Waals surface area contributed by atoms with Gasteiger partial charge in [-0.1, -0.05) is 0 Å². The second-order valence-electron chi connectivity index (χ2n) is 3.38. The maximum atomic E-state index is 10.6. The molecule has 4 nitrogen and oxygen atoms in total. The summed E-state index contributed by atoms with van der Waals surface area (Å²) in [6.45, 7) is 2.16. The van der Waals surface area contributed by atoms with Crippen LogP contribution in [0.5, 0.6) is 11.5 Å². The van der Waals surface area contributed by atoms with Crippen molar-refractivity contribution >= 4 is 17.7 Å². The van der Waals surface area contributed by atoms with E-state index in [1.165, 1.54) is 11.8 Å². The maximum absolute atomic E-state index is 10.6. The predicted octanol–water partition coefficient (Wildman–Crippen LogP) is 2.28. The van der Waals surface area contributed by atoms with Crippen LogP contribution in [0.2, 0.25) is 0 Å². The zero-order chi connectivity index (χ0) is 12.7. The third-order valence-electron chi connectivity index (χ3n) is 2.13. The molecule has 1 rings (SSSR count). The third kappa shape index (κ3) is 4.99. The Morgan fingerprint density at radius 1 is 1.35 bits per heavy atom. The van der Waals surface area contributed by atoms with Crippen LogP contribution in [-0.4, -0.2) is 35.8 Å². The lowest BCUT2D eigenvalue weighted by atomic mass is 10.3. The van der Waals surface area contributed by atoms with Gasteiger partial charge in [-0.3, -0.25) is 4.79 Å². The molecule has 0 fully saturated rings. The van der Waals surface area contributed by atoms with E-state index in [0.29, 0.717) is 12.4 Å². The molecule has 5 heteroatoms. The summed E-state index contributed by atoms with van der Waals surface area (Å²) in [6.07, 6.45) is 0. The van der Waals surface area contributed by atoms with Gasteiger partial charge in [-0.05, 0) is 31.2 Å². The van der Waals surface area contributed by atoms with Crippen molar-refractivity contribution in [2.45, 2.75) is 12.2 Å². The molecular weight excluding hydrogens is 240 g/mol. The number of carboxylic acid groups (broad SMARTS) is 1. The van der Waals surface area contributed by atoms with E-state index >= 15 is 0 Å². The highest BCUT2D eigenvalue weighted by Gasteiger charge is 2.10. The van der Waals surface area contributed by atoms with Crippen LogP contribution in [-0.2, 0) is 4.79 Å². The van der Waals surface area contributed by atoms with Gasteiger partial charge in [0, 0.05) is 5.75 Å². The minimum absolute atomic E-state index is 0.394. The minimum Gasteiger partial charge on any atom is -0.497 e. The topological polar surface area (TPSA) is 55.8 Å². The summed E-state index contributed by atoms with van der Waals surface area (Å²) in [6, 6.07) is 7.29. The number of methoxy groups -OCH3 is 1. The Labute approximate surface area is 105 Å². The van der Waals surface area contributed by atoms with E-state index in [2.05, 4.69) is 0 Å². The summed E-state index contributed by atoms with van der Waals surface area (Å²) in [7, 11) is 1.61. The molecule has 0 spiro atoms. The van der Waals surface area contributed by atoms with Gasteiger partial charge in [-0.2, -0.15) is 0 Å². The van der Waals surface area contributed by atoms with Crippen molar-refractivity contribution in [1.82, 2.24) is 0 Å². The van der Waals surface area contributed by atoms with Crippen molar-refractivity contribution in [3.8, 4) is 11.5 Å². The lowest BCUT2D eigenvalue weighted by molar-refractivity contribution is -0.136. The fraction of sp³-hybridized carbons (Fsp3) is 0.417. The Hall–Kier alpha value is -1.36. The predicted molar refractivity (Wildman–Crippen MR) is 68.0 cm³/mol. The Kier molecular flexibility index (Phi) is 5.69. The number of hydrogen-bond donors (Lipinski definition) is 1. The van der Waals surface area contributed by atoms with Crippen LogP contribution in [0, 0.1) is 0 Å². The molecule has 0 bridgehead atoms. The van der Waals surface area contributed by atoms with Gasteiger partial charge in [0.05, 0.1) is 19.0 Å². The highest BCUT2D eigenvalue weighted by molar-refractivity contribution is 8.00. The van der Waals surface area contributed by atoms with Crippen molar-refractivity contribution in [3.63, 3.8) is 0 Å². The lowest BCUT2D eigenvalue weighted by Crippen LogP contribution is -2.13. The second kappa shape index (κ2) is 7.06. The fourth-order valence-corrected chi connectivity index (χ4v) is 1.80. The summed E-state index contributed by atoms with van der Waals surface area (Å²) in [5, 5.41) is 8.29. The van der Waals surface area contributed by atoms with Crippen LogP contribution >= 0.6 is 11.8 Å². The van der Waals surface area contributed by atoms with E-state index in [9.17, 15) is 4.79 Å². The number of carboxylic acids is 1. The average Bonchev–Trinajstić information content (AvgIpc) is 2.35. The van der Waals surface area contributed by atoms with Crippen molar-refractivity contribution in [3.05, 3.63) is 24.3 Å². The number of ether oxygens (including phenoxy) is 2. The van der Waals surface area contributed by atoms with Gasteiger partial charge < -0.3 is 14.6 Å². The monoisotopic (exact) mass is 256 g/mol. The molecule has 1 aromatic carbocycles. The van der Waals surface area contributed by atoms with E-state index in [0.717, 1.165) is 11.5 Å². The SMILES string of the molecule is COc1ccc(OCCSC(C)C(=O)O)cc1. The number of aliphatic carboxylic acids is 1. The summed E-state index contributed by atoms with van der Waals surface area (Å²) < 4.78 is 10.5. The first-order valence-corrected chi connectivity index (χ1v) is 6.29. The number of thioether (sulfide) groups is 1. The molecule has 0 aliphatic rings. The highest BCUT2D eigenvalue weighted by Crippen LogP contribution is 2.17. The van der Waals surface area contributed by atoms with Crippen LogP contribution < -0.4 is 9.47 Å². The minimum atomic E-state index is -0.792. The first-order valence-electron chi connectivity index (χ1n) is 5.24. The first kappa shape index (κ1) is 13.7. The standard InChI is InChI=1S/C12H16O4S/c1-9(12(13)14)17-8-7-16-11-5-3-10(15-2)4-6-11/h3-6,9H,7-8H2,1-2H3,(H,13,14). The summed E-state index contributed by atoms with van der Waals surface area (Å²) >= 11 is 1.36. The van der Waals surface area contributed by atoms with E-state index in [1.54, 1.807) is 14.0 Å². The zero-order valence-electron chi connectivity index (χ0n) is 9.88. The highest BCUT2D eigenvalue weighted by atomic mass is 32.2. The van der Waals surface area contributed by atoms with Gasteiger partial charge in [0.1, 0.15) is 11.5 Å². The molecule has 0 amide bonds. The van der Waals surface area contributed by atoms with Gasteiger partial charge >= 0.3 is 5.97 Å². The summed E-state index contributed by atoms with van der Waals surface area (Å²) in [4.78, 5) is 10.6. The fourth-order valence-electron chi connectivity index (χ4n) is 1.13. The van der Waals surface area contributed by atoms with Crippen molar-refractivity contribution in [2.75, 3.05) is 19.5 Å². The Bertz CT molecular complexity index is 350. The van der Waals surface area contributed by atoms with Crippen LogP contribution in [0.15, 0.2) is 24.3 Å². The molecule has 17 heavy (non-hydrogen) atoms. The van der Waals surface area contributed by atoms with Crippen molar-refractivity contribution in [1.29, 1.82) is 0 Å². The van der Waals surface area contributed by atoms with E-state index < -0.39 is 11.2 Å². The third-order valence-corrected chi connectivity index (χ3v) is 3.23. The molecule has 1 unspecified atom stereocenters. The summed E-state index contributed by atoms with van der Waals surface area (Å²) in [5.74, 6) is 1.40. The molecule has 1 atom stereocenters. The molecule has 0 aliphatic carbocycles. The second-order valence-corrected chi connectivity index (χ2v) is 4.82. The molecule has 0 heterocycles. The largest absolute Gasteiger partial charge is 0.497 e. The molecular formula is C12H16O4S. The molecule has 0 radical (unpaired) electrons. The van der Waals surface area contributed by atoms with Crippen LogP contribution in [0.1, 0.15) is 6.92 Å². The number of benzene rings is 1. The summed E-state index contributed by atoms with van der Waals surface area (Å²) in [5.41, 5.74) is 0. The molecule has 0 saturated heterocycles.